The Bertz CT molecular complexity index is 429. The summed E-state index contributed by atoms with van der Waals surface area (Å²) in [7, 11) is 0. The van der Waals surface area contributed by atoms with Crippen molar-refractivity contribution in [2.45, 2.75) is 13.8 Å². The lowest BCUT2D eigenvalue weighted by Gasteiger charge is -2.04. The highest BCUT2D eigenvalue weighted by Crippen LogP contribution is 2.23. The molecule has 0 aliphatic heterocycles. The van der Waals surface area contributed by atoms with Crippen molar-refractivity contribution in [2.24, 2.45) is 0 Å². The molecule has 0 spiro atoms. The van der Waals surface area contributed by atoms with E-state index in [1.165, 1.54) is 6.08 Å². The molecule has 0 heterocycles. The lowest BCUT2D eigenvalue weighted by atomic mass is 10.1. The van der Waals surface area contributed by atoms with Crippen LogP contribution in [0.25, 0.3) is 5.57 Å². The summed E-state index contributed by atoms with van der Waals surface area (Å²) in [5, 5.41) is 0. The molecule has 1 aromatic rings. The Hall–Kier alpha value is -1.35. The van der Waals surface area contributed by atoms with Crippen molar-refractivity contribution in [3.05, 3.63) is 52.5 Å². The summed E-state index contributed by atoms with van der Waals surface area (Å²) in [4.78, 5) is 11.3. The minimum absolute atomic E-state index is 0.324. The van der Waals surface area contributed by atoms with Gasteiger partial charge in [0, 0.05) is 6.08 Å². The number of rotatable bonds is 4. The maximum absolute atomic E-state index is 11.3. The maximum Gasteiger partial charge on any atom is 0.330 e. The molecule has 0 saturated heterocycles. The van der Waals surface area contributed by atoms with Crippen LogP contribution in [0.3, 0.4) is 0 Å². The van der Waals surface area contributed by atoms with E-state index in [1.54, 1.807) is 13.0 Å². The summed E-state index contributed by atoms with van der Waals surface area (Å²) < 4.78 is 5.82. The molecule has 0 atom stereocenters. The van der Waals surface area contributed by atoms with Gasteiger partial charge < -0.3 is 4.74 Å². The molecule has 1 rings (SSSR count). The molecule has 17 heavy (non-hydrogen) atoms. The highest BCUT2D eigenvalue weighted by molar-refractivity contribution is 9.11. The van der Waals surface area contributed by atoms with E-state index in [1.807, 2.05) is 37.3 Å². The van der Waals surface area contributed by atoms with Crippen LogP contribution in [0.1, 0.15) is 19.4 Å². The molecule has 90 valence electrons. The molecular formula is C14H15BrO2. The fourth-order valence-corrected chi connectivity index (χ4v) is 1.73. The Balaban J connectivity index is 2.91. The quantitative estimate of drug-likeness (QED) is 0.478. The number of carbonyl (C=O) groups is 1. The van der Waals surface area contributed by atoms with Gasteiger partial charge in [0.25, 0.3) is 0 Å². The van der Waals surface area contributed by atoms with Gasteiger partial charge in [0.15, 0.2) is 0 Å². The fraction of sp³-hybridized carbons (Fsp3) is 0.214. The van der Waals surface area contributed by atoms with Crippen LogP contribution in [-0.2, 0) is 9.53 Å². The Morgan fingerprint density at radius 2 is 1.94 bits per heavy atom. The summed E-state index contributed by atoms with van der Waals surface area (Å²) in [5.74, 6) is -0.324. The molecule has 0 aromatic heterocycles. The zero-order chi connectivity index (χ0) is 12.7. The third-order valence-corrected chi connectivity index (χ3v) is 2.56. The van der Waals surface area contributed by atoms with Gasteiger partial charge in [0.2, 0.25) is 0 Å². The molecule has 0 aliphatic carbocycles. The van der Waals surface area contributed by atoms with E-state index >= 15 is 0 Å². The number of benzene rings is 1. The van der Waals surface area contributed by atoms with Crippen LogP contribution in [0.15, 0.2) is 47.0 Å². The van der Waals surface area contributed by atoms with Gasteiger partial charge in [-0.25, -0.2) is 4.79 Å². The van der Waals surface area contributed by atoms with E-state index in [9.17, 15) is 4.79 Å². The van der Waals surface area contributed by atoms with Crippen LogP contribution in [0, 0.1) is 0 Å². The zero-order valence-corrected chi connectivity index (χ0v) is 11.5. The van der Waals surface area contributed by atoms with E-state index in [0.717, 1.165) is 15.6 Å². The van der Waals surface area contributed by atoms with E-state index in [0.29, 0.717) is 6.61 Å². The average Bonchev–Trinajstić information content (AvgIpc) is 2.30. The molecular weight excluding hydrogens is 280 g/mol. The van der Waals surface area contributed by atoms with Crippen molar-refractivity contribution in [2.75, 3.05) is 6.61 Å². The molecule has 3 heteroatoms. The molecule has 0 saturated carbocycles. The molecule has 0 N–H and O–H groups in total. The van der Waals surface area contributed by atoms with Gasteiger partial charge >= 0.3 is 5.97 Å². The molecule has 0 radical (unpaired) electrons. The Labute approximate surface area is 110 Å². The summed E-state index contributed by atoms with van der Waals surface area (Å²) >= 11 is 3.44. The molecule has 0 aliphatic rings. The largest absolute Gasteiger partial charge is 0.463 e. The molecule has 0 fully saturated rings. The van der Waals surface area contributed by atoms with Gasteiger partial charge in [0.1, 0.15) is 0 Å². The van der Waals surface area contributed by atoms with Gasteiger partial charge in [-0.3, -0.25) is 0 Å². The maximum atomic E-state index is 11.3. The number of carbonyl (C=O) groups excluding carboxylic acids is 1. The van der Waals surface area contributed by atoms with Crippen LogP contribution in [-0.4, -0.2) is 12.6 Å². The monoisotopic (exact) mass is 294 g/mol. The number of allylic oxidation sites excluding steroid dienone is 3. The van der Waals surface area contributed by atoms with Gasteiger partial charge in [-0.15, -0.1) is 0 Å². The van der Waals surface area contributed by atoms with E-state index in [-0.39, 0.29) is 5.97 Å². The predicted octanol–water partition coefficient (Wildman–Crippen LogP) is 3.93. The smallest absolute Gasteiger partial charge is 0.330 e. The minimum Gasteiger partial charge on any atom is -0.463 e. The molecule has 0 unspecified atom stereocenters. The topological polar surface area (TPSA) is 26.3 Å². The van der Waals surface area contributed by atoms with E-state index in [4.69, 9.17) is 4.74 Å². The minimum atomic E-state index is -0.324. The SMILES string of the molecule is CCOC(=O)C=CC(=C(C)Br)c1ccccc1. The standard InChI is InChI=1S/C14H15BrO2/c1-3-17-14(16)10-9-13(11(2)15)12-7-5-4-6-8-12/h4-10H,3H2,1-2H3. The lowest BCUT2D eigenvalue weighted by molar-refractivity contribution is -0.137. The third-order valence-electron chi connectivity index (χ3n) is 2.13. The summed E-state index contributed by atoms with van der Waals surface area (Å²) in [6.45, 7) is 4.12. The second-order valence-corrected chi connectivity index (χ2v) is 4.59. The highest BCUT2D eigenvalue weighted by Gasteiger charge is 2.01. The van der Waals surface area contributed by atoms with E-state index < -0.39 is 0 Å². The third kappa shape index (κ3) is 4.57. The molecule has 0 amide bonds. The number of hydrogen-bond donors (Lipinski definition) is 0. The van der Waals surface area contributed by atoms with Crippen LogP contribution in [0.2, 0.25) is 0 Å². The Morgan fingerprint density at radius 3 is 2.47 bits per heavy atom. The van der Waals surface area contributed by atoms with Crippen LogP contribution in [0.4, 0.5) is 0 Å². The highest BCUT2D eigenvalue weighted by atomic mass is 79.9. The van der Waals surface area contributed by atoms with Gasteiger partial charge in [0.05, 0.1) is 6.61 Å². The zero-order valence-electron chi connectivity index (χ0n) is 9.94. The van der Waals surface area contributed by atoms with E-state index in [2.05, 4.69) is 15.9 Å². The number of hydrogen-bond acceptors (Lipinski definition) is 2. The summed E-state index contributed by atoms with van der Waals surface area (Å²) in [5.41, 5.74) is 2.03. The van der Waals surface area contributed by atoms with Crippen LogP contribution >= 0.6 is 15.9 Å². The van der Waals surface area contributed by atoms with Crippen LogP contribution < -0.4 is 0 Å². The van der Waals surface area contributed by atoms with Crippen molar-refractivity contribution in [1.82, 2.24) is 0 Å². The normalized spacial score (nSPS) is 12.4. The number of esters is 1. The number of halogens is 1. The van der Waals surface area contributed by atoms with Crippen molar-refractivity contribution >= 4 is 27.5 Å². The first-order valence-electron chi connectivity index (χ1n) is 5.41. The lowest BCUT2D eigenvalue weighted by Crippen LogP contribution is -1.99. The molecule has 1 aromatic carbocycles. The van der Waals surface area contributed by atoms with Gasteiger partial charge in [-0.05, 0) is 35.5 Å². The molecule has 0 bridgehead atoms. The second-order valence-electron chi connectivity index (χ2n) is 3.40. The summed E-state index contributed by atoms with van der Waals surface area (Å²) in [6.07, 6.45) is 3.20. The first-order valence-corrected chi connectivity index (χ1v) is 6.21. The second kappa shape index (κ2) is 7.07. The van der Waals surface area contributed by atoms with Gasteiger partial charge in [-0.1, -0.05) is 46.3 Å². The first kappa shape index (κ1) is 13.7. The number of ether oxygens (including phenoxy) is 1. The van der Waals surface area contributed by atoms with Crippen molar-refractivity contribution in [3.63, 3.8) is 0 Å². The average molecular weight is 295 g/mol. The van der Waals surface area contributed by atoms with Crippen molar-refractivity contribution < 1.29 is 9.53 Å². The first-order chi connectivity index (χ1) is 8.15. The fourth-order valence-electron chi connectivity index (χ4n) is 1.37. The molecule has 2 nitrogen and oxygen atoms in total. The predicted molar refractivity (Wildman–Crippen MR) is 73.7 cm³/mol. The van der Waals surface area contributed by atoms with Gasteiger partial charge in [-0.2, -0.15) is 0 Å². The van der Waals surface area contributed by atoms with Crippen molar-refractivity contribution in [3.8, 4) is 0 Å². The Morgan fingerprint density at radius 1 is 1.29 bits per heavy atom. The van der Waals surface area contributed by atoms with Crippen LogP contribution in [0.5, 0.6) is 0 Å². The Kier molecular flexibility index (Phi) is 5.70. The summed E-state index contributed by atoms with van der Waals surface area (Å²) in [6, 6.07) is 9.87. The van der Waals surface area contributed by atoms with Crippen molar-refractivity contribution in [1.29, 1.82) is 0 Å².